The molecule has 0 aliphatic carbocycles. The zero-order chi connectivity index (χ0) is 19.2. The number of halogens is 2. The Labute approximate surface area is 163 Å². The summed E-state index contributed by atoms with van der Waals surface area (Å²) >= 11 is 5.99. The Bertz CT molecular complexity index is 785. The summed E-state index contributed by atoms with van der Waals surface area (Å²) in [6.45, 7) is 3.27. The number of rotatable bonds is 6. The van der Waals surface area contributed by atoms with Crippen LogP contribution in [0.4, 0.5) is 4.39 Å². The number of benzene rings is 2. The van der Waals surface area contributed by atoms with Crippen molar-refractivity contribution in [3.63, 3.8) is 0 Å². The largest absolute Gasteiger partial charge is 0.336 e. The Balaban J connectivity index is 1.45. The van der Waals surface area contributed by atoms with Gasteiger partial charge in [-0.1, -0.05) is 48.0 Å². The molecule has 1 aliphatic rings. The monoisotopic (exact) mass is 388 g/mol. The summed E-state index contributed by atoms with van der Waals surface area (Å²) in [7, 11) is 0. The Morgan fingerprint density at radius 3 is 2.33 bits per heavy atom. The molecule has 0 aromatic heterocycles. The highest BCUT2D eigenvalue weighted by atomic mass is 35.5. The molecule has 0 saturated carbocycles. The Morgan fingerprint density at radius 1 is 0.963 bits per heavy atom. The molecule has 4 nitrogen and oxygen atoms in total. The lowest BCUT2D eigenvalue weighted by Gasteiger charge is -2.35. The molecule has 0 unspecified atom stereocenters. The van der Waals surface area contributed by atoms with E-state index in [1.807, 2.05) is 30.3 Å². The second kappa shape index (κ2) is 9.11. The van der Waals surface area contributed by atoms with E-state index in [0.29, 0.717) is 32.6 Å². The lowest BCUT2D eigenvalue weighted by atomic mass is 10.1. The van der Waals surface area contributed by atoms with Crippen molar-refractivity contribution >= 4 is 23.3 Å². The Kier molecular flexibility index (Phi) is 6.58. The van der Waals surface area contributed by atoms with Gasteiger partial charge in [0.1, 0.15) is 5.82 Å². The van der Waals surface area contributed by atoms with Gasteiger partial charge in [0.2, 0.25) is 0 Å². The Morgan fingerprint density at radius 2 is 1.67 bits per heavy atom. The molecule has 0 spiro atoms. The molecule has 27 heavy (non-hydrogen) atoms. The summed E-state index contributed by atoms with van der Waals surface area (Å²) in [6, 6.07) is 13.6. The third-order valence-corrected chi connectivity index (χ3v) is 5.13. The van der Waals surface area contributed by atoms with Gasteiger partial charge < -0.3 is 4.90 Å². The van der Waals surface area contributed by atoms with Crippen molar-refractivity contribution in [2.75, 3.05) is 32.7 Å². The number of hydrogen-bond acceptors (Lipinski definition) is 3. The van der Waals surface area contributed by atoms with E-state index in [9.17, 15) is 14.0 Å². The average molecular weight is 389 g/mol. The predicted octanol–water partition coefficient (Wildman–Crippen LogP) is 3.90. The van der Waals surface area contributed by atoms with E-state index in [4.69, 9.17) is 11.6 Å². The van der Waals surface area contributed by atoms with Crippen LogP contribution in [0.5, 0.6) is 0 Å². The second-order valence-corrected chi connectivity index (χ2v) is 7.03. The van der Waals surface area contributed by atoms with Crippen molar-refractivity contribution in [3.8, 4) is 0 Å². The SMILES string of the molecule is O=C(CCCN1CCN(C(=O)c2c(F)cccc2Cl)CC1)c1ccccc1. The fourth-order valence-electron chi connectivity index (χ4n) is 3.27. The van der Waals surface area contributed by atoms with E-state index in [1.54, 1.807) is 4.90 Å². The molecule has 1 aliphatic heterocycles. The zero-order valence-electron chi connectivity index (χ0n) is 15.0. The predicted molar refractivity (Wildman–Crippen MR) is 104 cm³/mol. The quantitative estimate of drug-likeness (QED) is 0.705. The molecular formula is C21H22ClFN2O2. The van der Waals surface area contributed by atoms with Crippen molar-refractivity contribution in [3.05, 3.63) is 70.5 Å². The molecular weight excluding hydrogens is 367 g/mol. The maximum absolute atomic E-state index is 13.9. The first kappa shape index (κ1) is 19.5. The van der Waals surface area contributed by atoms with Crippen LogP contribution in [0.25, 0.3) is 0 Å². The third-order valence-electron chi connectivity index (χ3n) is 4.81. The summed E-state index contributed by atoms with van der Waals surface area (Å²) in [4.78, 5) is 28.5. The lowest BCUT2D eigenvalue weighted by molar-refractivity contribution is 0.0631. The van der Waals surface area contributed by atoms with Crippen LogP contribution in [0.15, 0.2) is 48.5 Å². The van der Waals surface area contributed by atoms with E-state index in [2.05, 4.69) is 4.90 Å². The first-order chi connectivity index (χ1) is 13.1. The maximum Gasteiger partial charge on any atom is 0.258 e. The molecule has 1 saturated heterocycles. The number of Topliss-reactive ketones (excluding diaryl/α,β-unsaturated/α-hetero) is 1. The van der Waals surface area contributed by atoms with Crippen molar-refractivity contribution < 1.29 is 14.0 Å². The number of ketones is 1. The summed E-state index contributed by atoms with van der Waals surface area (Å²) in [6.07, 6.45) is 1.29. The number of carbonyl (C=O) groups excluding carboxylic acids is 2. The minimum atomic E-state index is -0.589. The molecule has 2 aromatic carbocycles. The van der Waals surface area contributed by atoms with Gasteiger partial charge in [-0.15, -0.1) is 0 Å². The van der Waals surface area contributed by atoms with Crippen LogP contribution in [0.2, 0.25) is 5.02 Å². The Hall–Kier alpha value is -2.24. The van der Waals surface area contributed by atoms with Crippen molar-refractivity contribution in [2.45, 2.75) is 12.8 Å². The number of piperazine rings is 1. The molecule has 1 heterocycles. The average Bonchev–Trinajstić information content (AvgIpc) is 2.69. The summed E-state index contributed by atoms with van der Waals surface area (Å²) in [5, 5.41) is 0.141. The van der Waals surface area contributed by atoms with Gasteiger partial charge in [-0.05, 0) is 25.1 Å². The molecule has 3 rings (SSSR count). The van der Waals surface area contributed by atoms with Gasteiger partial charge in [-0.3, -0.25) is 14.5 Å². The molecule has 2 aromatic rings. The summed E-state index contributed by atoms with van der Waals surface area (Å²) in [5.41, 5.74) is 0.691. The zero-order valence-corrected chi connectivity index (χ0v) is 15.8. The topological polar surface area (TPSA) is 40.6 Å². The first-order valence-corrected chi connectivity index (χ1v) is 9.48. The fraction of sp³-hybridized carbons (Fsp3) is 0.333. The van der Waals surface area contributed by atoms with Crippen LogP contribution in [-0.4, -0.2) is 54.2 Å². The van der Waals surface area contributed by atoms with E-state index in [1.165, 1.54) is 18.2 Å². The van der Waals surface area contributed by atoms with Crippen LogP contribution in [-0.2, 0) is 0 Å². The second-order valence-electron chi connectivity index (χ2n) is 6.62. The van der Waals surface area contributed by atoms with Gasteiger partial charge >= 0.3 is 0 Å². The number of amides is 1. The van der Waals surface area contributed by atoms with Gasteiger partial charge in [0.15, 0.2) is 5.78 Å². The maximum atomic E-state index is 13.9. The van der Waals surface area contributed by atoms with Crippen molar-refractivity contribution in [1.29, 1.82) is 0 Å². The fourth-order valence-corrected chi connectivity index (χ4v) is 3.51. The smallest absolute Gasteiger partial charge is 0.258 e. The third kappa shape index (κ3) is 4.93. The molecule has 142 valence electrons. The van der Waals surface area contributed by atoms with Crippen molar-refractivity contribution in [2.24, 2.45) is 0 Å². The van der Waals surface area contributed by atoms with E-state index >= 15 is 0 Å². The molecule has 1 fully saturated rings. The van der Waals surface area contributed by atoms with Crippen molar-refractivity contribution in [1.82, 2.24) is 9.80 Å². The first-order valence-electron chi connectivity index (χ1n) is 9.10. The van der Waals surface area contributed by atoms with Gasteiger partial charge in [-0.25, -0.2) is 4.39 Å². The van der Waals surface area contributed by atoms with Gasteiger partial charge in [-0.2, -0.15) is 0 Å². The number of carbonyl (C=O) groups is 2. The van der Waals surface area contributed by atoms with Crippen LogP contribution in [0, 0.1) is 5.82 Å². The van der Waals surface area contributed by atoms with E-state index in [0.717, 1.165) is 18.5 Å². The summed E-state index contributed by atoms with van der Waals surface area (Å²) < 4.78 is 13.9. The van der Waals surface area contributed by atoms with E-state index < -0.39 is 5.82 Å². The number of hydrogen-bond donors (Lipinski definition) is 0. The van der Waals surface area contributed by atoms with Crippen LogP contribution < -0.4 is 0 Å². The minimum absolute atomic E-state index is 0.0546. The van der Waals surface area contributed by atoms with Crippen LogP contribution in [0.3, 0.4) is 0 Å². The molecule has 0 radical (unpaired) electrons. The normalized spacial score (nSPS) is 15.0. The van der Waals surface area contributed by atoms with Gasteiger partial charge in [0.25, 0.3) is 5.91 Å². The molecule has 0 bridgehead atoms. The van der Waals surface area contributed by atoms with Crippen LogP contribution in [0.1, 0.15) is 33.6 Å². The van der Waals surface area contributed by atoms with E-state index in [-0.39, 0.29) is 22.3 Å². The van der Waals surface area contributed by atoms with Gasteiger partial charge in [0, 0.05) is 38.2 Å². The molecule has 0 atom stereocenters. The highest BCUT2D eigenvalue weighted by molar-refractivity contribution is 6.33. The standard InChI is InChI=1S/C21H22ClFN2O2/c22-17-8-4-9-18(23)20(17)21(27)25-14-12-24(13-15-25)11-5-10-19(26)16-6-2-1-3-7-16/h1-4,6-9H,5,10-15H2. The minimum Gasteiger partial charge on any atom is -0.336 e. The van der Waals surface area contributed by atoms with Gasteiger partial charge in [0.05, 0.1) is 10.6 Å². The van der Waals surface area contributed by atoms with Crippen LogP contribution >= 0.6 is 11.6 Å². The highest BCUT2D eigenvalue weighted by Gasteiger charge is 2.25. The molecule has 0 N–H and O–H groups in total. The number of nitrogens with zero attached hydrogens (tertiary/aromatic N) is 2. The lowest BCUT2D eigenvalue weighted by Crippen LogP contribution is -2.49. The summed E-state index contributed by atoms with van der Waals surface area (Å²) in [5.74, 6) is -0.801. The highest BCUT2D eigenvalue weighted by Crippen LogP contribution is 2.21. The molecule has 1 amide bonds. The molecule has 6 heteroatoms.